The van der Waals surface area contributed by atoms with Gasteiger partial charge < -0.3 is 5.32 Å². The Kier molecular flexibility index (Phi) is 4.14. The molecule has 1 rings (SSSR count). The summed E-state index contributed by atoms with van der Waals surface area (Å²) in [5.74, 6) is 5.27. The third kappa shape index (κ3) is 2.86. The molecular weight excluding hydrogens is 244 g/mol. The van der Waals surface area contributed by atoms with Crippen LogP contribution in [0.1, 0.15) is 17.3 Å². The molecule has 0 spiro atoms. The van der Waals surface area contributed by atoms with Crippen LogP contribution in [-0.4, -0.2) is 17.4 Å². The predicted octanol–water partition coefficient (Wildman–Crippen LogP) is 1.60. The van der Waals surface area contributed by atoms with E-state index in [9.17, 15) is 4.79 Å². The molecule has 1 aromatic heterocycles. The number of aromatic nitrogens is 1. The van der Waals surface area contributed by atoms with Crippen molar-refractivity contribution in [2.75, 3.05) is 6.54 Å². The summed E-state index contributed by atoms with van der Waals surface area (Å²) in [6, 6.07) is 3.41. The molecule has 0 saturated heterocycles. The van der Waals surface area contributed by atoms with Crippen LogP contribution in [0.2, 0.25) is 0 Å². The maximum absolute atomic E-state index is 11.5. The van der Waals surface area contributed by atoms with Crippen LogP contribution in [0, 0.1) is 11.8 Å². The maximum Gasteiger partial charge on any atom is 0.254 e. The number of pyridine rings is 1. The van der Waals surface area contributed by atoms with E-state index >= 15 is 0 Å². The molecule has 1 N–H and O–H groups in total. The van der Waals surface area contributed by atoms with Crippen molar-refractivity contribution in [3.8, 4) is 11.8 Å². The average molecular weight is 253 g/mol. The van der Waals surface area contributed by atoms with E-state index in [0.717, 1.165) is 0 Å². The summed E-state index contributed by atoms with van der Waals surface area (Å²) in [5.41, 5.74) is 0.519. The molecule has 3 nitrogen and oxygen atoms in total. The number of hydrogen-bond acceptors (Lipinski definition) is 2. The minimum absolute atomic E-state index is 0.173. The van der Waals surface area contributed by atoms with E-state index in [4.69, 9.17) is 0 Å². The van der Waals surface area contributed by atoms with Gasteiger partial charge in [-0.3, -0.25) is 4.79 Å². The Morgan fingerprint density at radius 1 is 1.71 bits per heavy atom. The van der Waals surface area contributed by atoms with Crippen LogP contribution in [0.3, 0.4) is 0 Å². The van der Waals surface area contributed by atoms with Crippen LogP contribution >= 0.6 is 15.9 Å². The number of carbonyl (C=O) groups is 1. The van der Waals surface area contributed by atoms with Crippen molar-refractivity contribution < 1.29 is 4.79 Å². The third-order valence-electron chi connectivity index (χ3n) is 1.52. The first kappa shape index (κ1) is 10.7. The summed E-state index contributed by atoms with van der Waals surface area (Å²) < 4.78 is 0.543. The van der Waals surface area contributed by atoms with Crippen molar-refractivity contribution in [2.45, 2.75) is 6.92 Å². The van der Waals surface area contributed by atoms with Crippen molar-refractivity contribution in [2.24, 2.45) is 0 Å². The minimum atomic E-state index is -0.173. The highest BCUT2D eigenvalue weighted by atomic mass is 79.9. The molecule has 0 unspecified atom stereocenters. The standard InChI is InChI=1S/C10H9BrN2O/c1-2-3-6-13-10(14)8-5-4-7-12-9(8)11/h4-5,7H,6H2,1H3,(H,13,14). The molecule has 14 heavy (non-hydrogen) atoms. The van der Waals surface area contributed by atoms with Crippen LogP contribution in [0.15, 0.2) is 22.9 Å². The summed E-state index contributed by atoms with van der Waals surface area (Å²) in [6.45, 7) is 2.09. The molecule has 0 fully saturated rings. The molecule has 72 valence electrons. The van der Waals surface area contributed by atoms with E-state index in [1.165, 1.54) is 0 Å². The molecule has 4 heteroatoms. The van der Waals surface area contributed by atoms with Gasteiger partial charge in [-0.25, -0.2) is 4.98 Å². The molecule has 0 bridgehead atoms. The van der Waals surface area contributed by atoms with Crippen molar-refractivity contribution in [3.05, 3.63) is 28.5 Å². The smallest absolute Gasteiger partial charge is 0.254 e. The zero-order valence-corrected chi connectivity index (χ0v) is 9.26. The molecule has 1 heterocycles. The van der Waals surface area contributed by atoms with Crippen molar-refractivity contribution >= 4 is 21.8 Å². The maximum atomic E-state index is 11.5. The Bertz CT molecular complexity index is 393. The lowest BCUT2D eigenvalue weighted by Gasteiger charge is -2.02. The molecule has 0 aliphatic heterocycles. The van der Waals surface area contributed by atoms with Gasteiger partial charge in [0.2, 0.25) is 0 Å². The Morgan fingerprint density at radius 3 is 3.14 bits per heavy atom. The van der Waals surface area contributed by atoms with E-state index in [0.29, 0.717) is 16.7 Å². The van der Waals surface area contributed by atoms with Gasteiger partial charge in [0.25, 0.3) is 5.91 Å². The number of nitrogens with one attached hydrogen (secondary N) is 1. The second kappa shape index (κ2) is 5.40. The Labute approximate surface area is 91.1 Å². The van der Waals surface area contributed by atoms with Gasteiger partial charge in [-0.2, -0.15) is 0 Å². The quantitative estimate of drug-likeness (QED) is 0.642. The highest BCUT2D eigenvalue weighted by Crippen LogP contribution is 2.11. The number of halogens is 1. The number of hydrogen-bond donors (Lipinski definition) is 1. The molecular formula is C10H9BrN2O. The molecule has 1 amide bonds. The fraction of sp³-hybridized carbons (Fsp3) is 0.200. The van der Waals surface area contributed by atoms with Gasteiger partial charge in [-0.05, 0) is 35.0 Å². The highest BCUT2D eigenvalue weighted by molar-refractivity contribution is 9.10. The normalized spacial score (nSPS) is 8.71. The summed E-state index contributed by atoms with van der Waals surface area (Å²) in [4.78, 5) is 15.4. The summed E-state index contributed by atoms with van der Waals surface area (Å²) in [7, 11) is 0. The molecule has 0 aliphatic carbocycles. The van der Waals surface area contributed by atoms with E-state index in [2.05, 4.69) is 38.1 Å². The van der Waals surface area contributed by atoms with Gasteiger partial charge in [0.15, 0.2) is 0 Å². The molecule has 0 atom stereocenters. The lowest BCUT2D eigenvalue weighted by atomic mass is 10.3. The number of nitrogens with zero attached hydrogens (tertiary/aromatic N) is 1. The number of amides is 1. The average Bonchev–Trinajstić information content (AvgIpc) is 2.18. The summed E-state index contributed by atoms with van der Waals surface area (Å²) in [6.07, 6.45) is 1.62. The fourth-order valence-electron chi connectivity index (χ4n) is 0.863. The summed E-state index contributed by atoms with van der Waals surface area (Å²) >= 11 is 3.20. The van der Waals surface area contributed by atoms with Crippen molar-refractivity contribution in [3.63, 3.8) is 0 Å². The van der Waals surface area contributed by atoms with Gasteiger partial charge in [-0.1, -0.05) is 5.92 Å². The van der Waals surface area contributed by atoms with Crippen molar-refractivity contribution in [1.82, 2.24) is 10.3 Å². The third-order valence-corrected chi connectivity index (χ3v) is 2.15. The molecule has 0 radical (unpaired) electrons. The predicted molar refractivity (Wildman–Crippen MR) is 57.7 cm³/mol. The first-order valence-electron chi connectivity index (χ1n) is 4.04. The Hall–Kier alpha value is -1.34. The number of rotatable bonds is 2. The molecule has 0 saturated carbocycles. The largest absolute Gasteiger partial charge is 0.341 e. The van der Waals surface area contributed by atoms with E-state index < -0.39 is 0 Å². The van der Waals surface area contributed by atoms with E-state index in [-0.39, 0.29) is 5.91 Å². The number of carbonyl (C=O) groups excluding carboxylic acids is 1. The van der Waals surface area contributed by atoms with Gasteiger partial charge in [-0.15, -0.1) is 5.92 Å². The second-order valence-corrected chi connectivity index (χ2v) is 3.20. The van der Waals surface area contributed by atoms with Crippen LogP contribution in [0.5, 0.6) is 0 Å². The van der Waals surface area contributed by atoms with Gasteiger partial charge in [0, 0.05) is 6.20 Å². The van der Waals surface area contributed by atoms with Gasteiger partial charge >= 0.3 is 0 Å². The second-order valence-electron chi connectivity index (χ2n) is 2.45. The Balaban J connectivity index is 2.68. The van der Waals surface area contributed by atoms with Crippen LogP contribution < -0.4 is 5.32 Å². The van der Waals surface area contributed by atoms with Crippen LogP contribution in [0.4, 0.5) is 0 Å². The molecule has 0 aromatic carbocycles. The minimum Gasteiger partial charge on any atom is -0.341 e. The fourth-order valence-corrected chi connectivity index (χ4v) is 1.29. The SMILES string of the molecule is CC#CCNC(=O)c1cccnc1Br. The van der Waals surface area contributed by atoms with Gasteiger partial charge in [0.05, 0.1) is 12.1 Å². The zero-order valence-electron chi connectivity index (χ0n) is 7.67. The summed E-state index contributed by atoms with van der Waals surface area (Å²) in [5, 5.41) is 2.66. The van der Waals surface area contributed by atoms with Crippen LogP contribution in [-0.2, 0) is 0 Å². The topological polar surface area (TPSA) is 42.0 Å². The lowest BCUT2D eigenvalue weighted by molar-refractivity contribution is 0.0957. The first-order valence-corrected chi connectivity index (χ1v) is 4.83. The Morgan fingerprint density at radius 2 is 2.50 bits per heavy atom. The zero-order chi connectivity index (χ0) is 10.4. The van der Waals surface area contributed by atoms with Crippen LogP contribution in [0.25, 0.3) is 0 Å². The molecule has 0 aliphatic rings. The monoisotopic (exact) mass is 252 g/mol. The molecule has 1 aromatic rings. The van der Waals surface area contributed by atoms with E-state index in [1.54, 1.807) is 25.3 Å². The van der Waals surface area contributed by atoms with E-state index in [1.807, 2.05) is 0 Å². The highest BCUT2D eigenvalue weighted by Gasteiger charge is 2.08. The first-order chi connectivity index (χ1) is 6.75. The lowest BCUT2D eigenvalue weighted by Crippen LogP contribution is -2.24. The van der Waals surface area contributed by atoms with Gasteiger partial charge in [0.1, 0.15) is 4.60 Å². The van der Waals surface area contributed by atoms with Crippen molar-refractivity contribution in [1.29, 1.82) is 0 Å².